The molecule has 0 aromatic carbocycles. The maximum atomic E-state index is 12.3. The summed E-state index contributed by atoms with van der Waals surface area (Å²) >= 11 is 1.59. The van der Waals surface area contributed by atoms with Gasteiger partial charge in [-0.25, -0.2) is 0 Å². The summed E-state index contributed by atoms with van der Waals surface area (Å²) in [5.74, 6) is -2.79. The summed E-state index contributed by atoms with van der Waals surface area (Å²) in [6, 6.07) is 1.55. The Kier molecular flexibility index (Phi) is 10.2. The molecule has 8 heteroatoms. The smallest absolute Gasteiger partial charge is 0.288 e. The zero-order valence-electron chi connectivity index (χ0n) is 10.4. The summed E-state index contributed by atoms with van der Waals surface area (Å²) in [6.45, 7) is 4.14. The quantitative estimate of drug-likeness (QED) is 0.568. The minimum absolute atomic E-state index is 0. The Hall–Kier alpha value is -0.370. The minimum Gasteiger partial charge on any atom is -0.350 e. The van der Waals surface area contributed by atoms with Gasteiger partial charge >= 0.3 is 0 Å². The van der Waals surface area contributed by atoms with E-state index in [1.807, 2.05) is 0 Å². The van der Waals surface area contributed by atoms with E-state index in [2.05, 4.69) is 17.6 Å². The molecule has 0 atom stereocenters. The number of nitrogens with one attached hydrogen (secondary N) is 2. The lowest BCUT2D eigenvalue weighted by Crippen LogP contribution is -2.31. The zero-order chi connectivity index (χ0) is 13.4. The van der Waals surface area contributed by atoms with E-state index in [0.717, 1.165) is 13.0 Å². The van der Waals surface area contributed by atoms with Crippen molar-refractivity contribution < 1.29 is 13.6 Å². The van der Waals surface area contributed by atoms with Crippen molar-refractivity contribution in [3.8, 4) is 0 Å². The Morgan fingerprint density at radius 1 is 1.42 bits per heavy atom. The summed E-state index contributed by atoms with van der Waals surface area (Å²) in [5, 5.41) is 7.50. The molecule has 0 aliphatic heterocycles. The molecule has 0 aliphatic carbocycles. The van der Waals surface area contributed by atoms with Gasteiger partial charge < -0.3 is 10.6 Å². The van der Waals surface area contributed by atoms with Crippen LogP contribution in [0.25, 0.3) is 0 Å². The van der Waals surface area contributed by atoms with Crippen molar-refractivity contribution in [3.05, 3.63) is 16.3 Å². The first-order valence-corrected chi connectivity index (χ1v) is 7.42. The van der Waals surface area contributed by atoms with Crippen LogP contribution < -0.4 is 10.6 Å². The average Bonchev–Trinajstić information content (AvgIpc) is 2.76. The van der Waals surface area contributed by atoms with Crippen LogP contribution in [-0.2, 0) is 0 Å². The normalized spacial score (nSPS) is 10.3. The van der Waals surface area contributed by atoms with Gasteiger partial charge in [0.05, 0.1) is 0 Å². The lowest BCUT2D eigenvalue weighted by Gasteiger charge is -2.06. The van der Waals surface area contributed by atoms with Gasteiger partial charge in [0.25, 0.3) is 11.7 Å². The molecule has 0 saturated heterocycles. The van der Waals surface area contributed by atoms with Crippen LogP contribution in [0.15, 0.2) is 16.3 Å². The monoisotopic (exact) mass is 330 g/mol. The maximum Gasteiger partial charge on any atom is 0.288 e. The molecule has 0 unspecified atom stereocenters. The van der Waals surface area contributed by atoms with E-state index in [0.29, 0.717) is 34.6 Å². The molecule has 0 spiro atoms. The van der Waals surface area contributed by atoms with Gasteiger partial charge in [-0.2, -0.15) is 8.78 Å². The Morgan fingerprint density at radius 3 is 2.79 bits per heavy atom. The Labute approximate surface area is 125 Å². The molecule has 3 nitrogen and oxygen atoms in total. The van der Waals surface area contributed by atoms with Crippen LogP contribution in [0, 0.1) is 0 Å². The third kappa shape index (κ3) is 7.10. The summed E-state index contributed by atoms with van der Waals surface area (Å²) in [5.41, 5.74) is 0. The SMILES string of the molecule is CCCNCCNC(=O)c1sccc1SC(F)F.Cl. The van der Waals surface area contributed by atoms with Crippen LogP contribution in [0.1, 0.15) is 23.0 Å². The maximum absolute atomic E-state index is 12.3. The van der Waals surface area contributed by atoms with E-state index in [9.17, 15) is 13.6 Å². The van der Waals surface area contributed by atoms with Crippen LogP contribution in [-0.4, -0.2) is 31.3 Å². The second-order valence-electron chi connectivity index (χ2n) is 3.50. The number of hydrogen-bond donors (Lipinski definition) is 2. The second kappa shape index (κ2) is 10.4. The van der Waals surface area contributed by atoms with Crippen molar-refractivity contribution in [2.75, 3.05) is 19.6 Å². The summed E-state index contributed by atoms with van der Waals surface area (Å²) in [4.78, 5) is 12.5. The first-order chi connectivity index (χ1) is 8.65. The summed E-state index contributed by atoms with van der Waals surface area (Å²) in [6.07, 6.45) is 1.04. The Balaban J connectivity index is 0.00000324. The van der Waals surface area contributed by atoms with Crippen molar-refractivity contribution in [2.24, 2.45) is 0 Å². The molecule has 1 rings (SSSR count). The lowest BCUT2D eigenvalue weighted by molar-refractivity contribution is 0.0955. The molecule has 0 radical (unpaired) electrons. The van der Waals surface area contributed by atoms with Crippen LogP contribution in [0.2, 0.25) is 0 Å². The topological polar surface area (TPSA) is 41.1 Å². The van der Waals surface area contributed by atoms with Gasteiger partial charge in [-0.05, 0) is 24.4 Å². The fourth-order valence-electron chi connectivity index (χ4n) is 1.30. The number of amides is 1. The van der Waals surface area contributed by atoms with Gasteiger partial charge in [0.15, 0.2) is 0 Å². The average molecular weight is 331 g/mol. The second-order valence-corrected chi connectivity index (χ2v) is 5.45. The van der Waals surface area contributed by atoms with E-state index in [4.69, 9.17) is 0 Å². The first kappa shape index (κ1) is 18.6. The zero-order valence-corrected chi connectivity index (χ0v) is 12.9. The summed E-state index contributed by atoms with van der Waals surface area (Å²) < 4.78 is 24.5. The molecule has 19 heavy (non-hydrogen) atoms. The van der Waals surface area contributed by atoms with Crippen LogP contribution in [0.4, 0.5) is 8.78 Å². The van der Waals surface area contributed by atoms with Crippen molar-refractivity contribution in [1.29, 1.82) is 0 Å². The fraction of sp³-hybridized carbons (Fsp3) is 0.545. The van der Waals surface area contributed by atoms with Crippen molar-refractivity contribution in [1.82, 2.24) is 10.6 Å². The number of rotatable bonds is 8. The fourth-order valence-corrected chi connectivity index (χ4v) is 2.92. The molecule has 0 bridgehead atoms. The highest BCUT2D eigenvalue weighted by Gasteiger charge is 2.16. The van der Waals surface area contributed by atoms with E-state index < -0.39 is 5.76 Å². The molecular formula is C11H17ClF2N2OS2. The highest BCUT2D eigenvalue weighted by Crippen LogP contribution is 2.31. The van der Waals surface area contributed by atoms with Gasteiger partial charge in [-0.3, -0.25) is 4.79 Å². The predicted molar refractivity (Wildman–Crippen MR) is 78.9 cm³/mol. The predicted octanol–water partition coefficient (Wildman–Crippen LogP) is 3.21. The first-order valence-electron chi connectivity index (χ1n) is 5.66. The summed E-state index contributed by atoms with van der Waals surface area (Å²) in [7, 11) is 0. The molecule has 110 valence electrons. The third-order valence-electron chi connectivity index (χ3n) is 2.07. The molecule has 0 fully saturated rings. The number of carbonyl (C=O) groups is 1. The number of thioether (sulfide) groups is 1. The Morgan fingerprint density at radius 2 is 2.16 bits per heavy atom. The molecule has 0 saturated carbocycles. The number of carbonyl (C=O) groups excluding carboxylic acids is 1. The molecule has 1 aromatic rings. The highest BCUT2D eigenvalue weighted by molar-refractivity contribution is 7.99. The van der Waals surface area contributed by atoms with Gasteiger partial charge in [-0.15, -0.1) is 23.7 Å². The van der Waals surface area contributed by atoms with Gasteiger partial charge in [0.1, 0.15) is 4.88 Å². The van der Waals surface area contributed by atoms with Crippen LogP contribution >= 0.6 is 35.5 Å². The number of alkyl halides is 2. The molecule has 1 amide bonds. The molecular weight excluding hydrogens is 314 g/mol. The van der Waals surface area contributed by atoms with E-state index >= 15 is 0 Å². The third-order valence-corrected chi connectivity index (χ3v) is 3.88. The largest absolute Gasteiger partial charge is 0.350 e. The standard InChI is InChI=1S/C11H16F2N2OS2.ClH/c1-2-4-14-5-6-15-10(16)9-8(3-7-17-9)18-11(12)13;/h3,7,11,14H,2,4-6H2,1H3,(H,15,16);1H. The van der Waals surface area contributed by atoms with Crippen LogP contribution in [0.3, 0.4) is 0 Å². The Bertz CT molecular complexity index is 377. The molecule has 0 aliphatic rings. The lowest BCUT2D eigenvalue weighted by atomic mass is 10.4. The van der Waals surface area contributed by atoms with Crippen molar-refractivity contribution in [2.45, 2.75) is 24.0 Å². The van der Waals surface area contributed by atoms with Gasteiger partial charge in [0, 0.05) is 18.0 Å². The number of thiophene rings is 1. The number of hydrogen-bond acceptors (Lipinski definition) is 4. The van der Waals surface area contributed by atoms with Crippen LogP contribution in [0.5, 0.6) is 0 Å². The van der Waals surface area contributed by atoms with Gasteiger partial charge in [-0.1, -0.05) is 18.7 Å². The highest BCUT2D eigenvalue weighted by atomic mass is 35.5. The van der Waals surface area contributed by atoms with E-state index in [1.165, 1.54) is 11.3 Å². The molecule has 2 N–H and O–H groups in total. The van der Waals surface area contributed by atoms with E-state index in [-0.39, 0.29) is 18.3 Å². The van der Waals surface area contributed by atoms with E-state index in [1.54, 1.807) is 11.4 Å². The number of halogens is 3. The minimum atomic E-state index is -2.50. The van der Waals surface area contributed by atoms with Crippen molar-refractivity contribution in [3.63, 3.8) is 0 Å². The van der Waals surface area contributed by atoms with Gasteiger partial charge in [0.2, 0.25) is 0 Å². The molecule has 1 heterocycles. The van der Waals surface area contributed by atoms with Crippen molar-refractivity contribution >= 4 is 41.4 Å². The molecule has 1 aromatic heterocycles.